The molecule has 0 bridgehead atoms. The summed E-state index contributed by atoms with van der Waals surface area (Å²) in [6.07, 6.45) is 4.11. The second-order valence-corrected chi connectivity index (χ2v) is 7.52. The van der Waals surface area contributed by atoms with Gasteiger partial charge in [0, 0.05) is 43.1 Å². The van der Waals surface area contributed by atoms with Gasteiger partial charge in [-0.1, -0.05) is 30.0 Å². The lowest BCUT2D eigenvalue weighted by Crippen LogP contribution is -2.31. The highest BCUT2D eigenvalue weighted by molar-refractivity contribution is 7.99. The summed E-state index contributed by atoms with van der Waals surface area (Å²) < 4.78 is 2.00. The van der Waals surface area contributed by atoms with Crippen LogP contribution in [0.25, 0.3) is 17.1 Å². The Morgan fingerprint density at radius 2 is 1.82 bits per heavy atom. The van der Waals surface area contributed by atoms with Gasteiger partial charge in [-0.2, -0.15) is 0 Å². The molecule has 8 heteroatoms. The first-order chi connectivity index (χ1) is 13.6. The quantitative estimate of drug-likeness (QED) is 0.473. The molecular weight excluding hydrogens is 374 g/mol. The fourth-order valence-electron chi connectivity index (χ4n) is 3.18. The number of para-hydroxylation sites is 1. The lowest BCUT2D eigenvalue weighted by atomic mass is 10.2. The standard InChI is InChI=1S/C20H19N5O2S/c1-14-5-2-3-7-16(14)25-19(15-6-4-10-21-13-15)22-23-20(25)28-12-11-24-17(26)8-9-18(24)27/h2-7,10,13H,8-9,11-12H2,1H3. The van der Waals surface area contributed by atoms with E-state index in [-0.39, 0.29) is 11.8 Å². The number of nitrogens with zero attached hydrogens (tertiary/aromatic N) is 5. The van der Waals surface area contributed by atoms with Crippen molar-refractivity contribution in [1.29, 1.82) is 0 Å². The summed E-state index contributed by atoms with van der Waals surface area (Å²) in [6.45, 7) is 2.42. The fourth-order valence-corrected chi connectivity index (χ4v) is 4.05. The number of likely N-dealkylation sites (tertiary alicyclic amines) is 1. The molecule has 0 atom stereocenters. The molecule has 1 aliphatic rings. The summed E-state index contributed by atoms with van der Waals surface area (Å²) in [5, 5.41) is 9.48. The van der Waals surface area contributed by atoms with Crippen molar-refractivity contribution in [2.75, 3.05) is 12.3 Å². The van der Waals surface area contributed by atoms with Crippen LogP contribution in [0.15, 0.2) is 53.9 Å². The number of aryl methyl sites for hydroxylation is 1. The summed E-state index contributed by atoms with van der Waals surface area (Å²) in [5.41, 5.74) is 2.95. The minimum Gasteiger partial charge on any atom is -0.282 e. The first-order valence-electron chi connectivity index (χ1n) is 9.03. The molecule has 3 aromatic rings. The number of imide groups is 1. The van der Waals surface area contributed by atoms with E-state index in [2.05, 4.69) is 15.2 Å². The number of amides is 2. The lowest BCUT2D eigenvalue weighted by Gasteiger charge is -2.15. The zero-order valence-electron chi connectivity index (χ0n) is 15.4. The second-order valence-electron chi connectivity index (χ2n) is 6.46. The molecule has 0 aliphatic carbocycles. The highest BCUT2D eigenvalue weighted by Crippen LogP contribution is 2.29. The van der Waals surface area contributed by atoms with Gasteiger partial charge in [0.15, 0.2) is 11.0 Å². The number of benzene rings is 1. The summed E-state index contributed by atoms with van der Waals surface area (Å²) in [7, 11) is 0. The Bertz CT molecular complexity index is 1000. The average Bonchev–Trinajstić information content (AvgIpc) is 3.27. The van der Waals surface area contributed by atoms with Crippen LogP contribution in [0.4, 0.5) is 0 Å². The summed E-state index contributed by atoms with van der Waals surface area (Å²) in [5.74, 6) is 1.08. The molecule has 4 rings (SSSR count). The van der Waals surface area contributed by atoms with Gasteiger partial charge < -0.3 is 0 Å². The molecular formula is C20H19N5O2S. The molecule has 2 aromatic heterocycles. The molecule has 1 fully saturated rings. The number of hydrogen-bond acceptors (Lipinski definition) is 6. The molecule has 0 spiro atoms. The van der Waals surface area contributed by atoms with Crippen molar-refractivity contribution >= 4 is 23.6 Å². The Labute approximate surface area is 166 Å². The van der Waals surface area contributed by atoms with Gasteiger partial charge in [0.2, 0.25) is 11.8 Å². The van der Waals surface area contributed by atoms with Crippen molar-refractivity contribution in [2.45, 2.75) is 24.9 Å². The van der Waals surface area contributed by atoms with Gasteiger partial charge in [0.25, 0.3) is 0 Å². The molecule has 0 radical (unpaired) electrons. The third-order valence-electron chi connectivity index (χ3n) is 4.61. The van der Waals surface area contributed by atoms with Gasteiger partial charge in [0.05, 0.1) is 5.69 Å². The summed E-state index contributed by atoms with van der Waals surface area (Å²) in [4.78, 5) is 29.1. The number of aromatic nitrogens is 4. The van der Waals surface area contributed by atoms with Crippen molar-refractivity contribution in [1.82, 2.24) is 24.6 Å². The third-order valence-corrected chi connectivity index (χ3v) is 5.52. The molecule has 3 heterocycles. The first-order valence-corrected chi connectivity index (χ1v) is 10.0. The molecule has 1 saturated heterocycles. The average molecular weight is 393 g/mol. The minimum absolute atomic E-state index is 0.0954. The van der Waals surface area contributed by atoms with Crippen molar-refractivity contribution < 1.29 is 9.59 Å². The molecule has 7 nitrogen and oxygen atoms in total. The van der Waals surface area contributed by atoms with E-state index < -0.39 is 0 Å². The van der Waals surface area contributed by atoms with Crippen LogP contribution in [0.5, 0.6) is 0 Å². The van der Waals surface area contributed by atoms with Crippen molar-refractivity contribution in [2.24, 2.45) is 0 Å². The number of rotatable bonds is 6. The second kappa shape index (κ2) is 7.93. The molecule has 0 unspecified atom stereocenters. The van der Waals surface area contributed by atoms with Crippen molar-refractivity contribution in [3.05, 3.63) is 54.4 Å². The smallest absolute Gasteiger partial charge is 0.229 e. The zero-order valence-corrected chi connectivity index (χ0v) is 16.2. The van der Waals surface area contributed by atoms with E-state index in [1.807, 2.05) is 47.9 Å². The Morgan fingerprint density at radius 3 is 2.54 bits per heavy atom. The largest absolute Gasteiger partial charge is 0.282 e. The monoisotopic (exact) mass is 393 g/mol. The molecule has 1 aromatic carbocycles. The maximum absolute atomic E-state index is 11.8. The number of thioether (sulfide) groups is 1. The van der Waals surface area contributed by atoms with Crippen molar-refractivity contribution in [3.8, 4) is 17.1 Å². The number of hydrogen-bond donors (Lipinski definition) is 0. The van der Waals surface area contributed by atoms with Crippen LogP contribution in [0.2, 0.25) is 0 Å². The van der Waals surface area contributed by atoms with E-state index in [9.17, 15) is 9.59 Å². The lowest BCUT2D eigenvalue weighted by molar-refractivity contribution is -0.137. The van der Waals surface area contributed by atoms with Gasteiger partial charge >= 0.3 is 0 Å². The maximum Gasteiger partial charge on any atom is 0.229 e. The molecule has 1 aliphatic heterocycles. The predicted octanol–water partition coefficient (Wildman–Crippen LogP) is 2.88. The van der Waals surface area contributed by atoms with Crippen LogP contribution in [-0.4, -0.2) is 48.8 Å². The Hall–Kier alpha value is -3.00. The van der Waals surface area contributed by atoms with Crippen LogP contribution in [0.3, 0.4) is 0 Å². The zero-order chi connectivity index (χ0) is 19.5. The molecule has 28 heavy (non-hydrogen) atoms. The fraction of sp³-hybridized carbons (Fsp3) is 0.250. The van der Waals surface area contributed by atoms with Gasteiger partial charge in [-0.3, -0.25) is 24.0 Å². The molecule has 0 N–H and O–H groups in total. The van der Waals surface area contributed by atoms with E-state index in [0.29, 0.717) is 36.1 Å². The van der Waals surface area contributed by atoms with E-state index in [0.717, 1.165) is 16.8 Å². The minimum atomic E-state index is -0.0954. The SMILES string of the molecule is Cc1ccccc1-n1c(SCCN2C(=O)CCC2=O)nnc1-c1cccnc1. The molecule has 0 saturated carbocycles. The van der Waals surface area contributed by atoms with Crippen LogP contribution < -0.4 is 0 Å². The van der Waals surface area contributed by atoms with E-state index in [1.165, 1.54) is 16.7 Å². The third kappa shape index (κ3) is 3.55. The van der Waals surface area contributed by atoms with Crippen molar-refractivity contribution in [3.63, 3.8) is 0 Å². The van der Waals surface area contributed by atoms with Gasteiger partial charge in [-0.25, -0.2) is 0 Å². The Kier molecular flexibility index (Phi) is 5.21. The molecule has 2 amide bonds. The summed E-state index contributed by atoms with van der Waals surface area (Å²) >= 11 is 1.48. The Morgan fingerprint density at radius 1 is 1.04 bits per heavy atom. The van der Waals surface area contributed by atoms with Gasteiger partial charge in [0.1, 0.15) is 0 Å². The van der Waals surface area contributed by atoms with Crippen LogP contribution in [0.1, 0.15) is 18.4 Å². The topological polar surface area (TPSA) is 81.0 Å². The van der Waals surface area contributed by atoms with E-state index >= 15 is 0 Å². The molecule has 142 valence electrons. The number of pyridine rings is 1. The normalized spacial score (nSPS) is 14.1. The highest BCUT2D eigenvalue weighted by atomic mass is 32.2. The summed E-state index contributed by atoms with van der Waals surface area (Å²) in [6, 6.07) is 11.8. The predicted molar refractivity (Wildman–Crippen MR) is 106 cm³/mol. The maximum atomic E-state index is 11.8. The van der Waals surface area contributed by atoms with Gasteiger partial charge in [-0.15, -0.1) is 10.2 Å². The van der Waals surface area contributed by atoms with Crippen LogP contribution >= 0.6 is 11.8 Å². The first kappa shape index (κ1) is 18.4. The van der Waals surface area contributed by atoms with Crippen LogP contribution in [0, 0.1) is 6.92 Å². The van der Waals surface area contributed by atoms with Gasteiger partial charge in [-0.05, 0) is 30.7 Å². The number of carbonyl (C=O) groups excluding carboxylic acids is 2. The Balaban J connectivity index is 1.64. The number of carbonyl (C=O) groups is 2. The van der Waals surface area contributed by atoms with Crippen LogP contribution in [-0.2, 0) is 9.59 Å². The highest BCUT2D eigenvalue weighted by Gasteiger charge is 2.28. The van der Waals surface area contributed by atoms with E-state index in [1.54, 1.807) is 12.4 Å². The van der Waals surface area contributed by atoms with E-state index in [4.69, 9.17) is 0 Å².